The Morgan fingerprint density at radius 2 is 2.20 bits per heavy atom. The van der Waals surface area contributed by atoms with Crippen LogP contribution in [0.15, 0.2) is 12.2 Å². The van der Waals surface area contributed by atoms with Crippen LogP contribution in [0.2, 0.25) is 0 Å². The van der Waals surface area contributed by atoms with Gasteiger partial charge in [0.1, 0.15) is 0 Å². The normalized spacial score (nSPS) is 26.1. The van der Waals surface area contributed by atoms with Gasteiger partial charge in [0.05, 0.1) is 19.3 Å². The van der Waals surface area contributed by atoms with Gasteiger partial charge in [0.15, 0.2) is 0 Å². The molecule has 0 aliphatic heterocycles. The molecule has 5 heteroatoms. The van der Waals surface area contributed by atoms with Crippen molar-refractivity contribution in [3.63, 3.8) is 0 Å². The smallest absolute Gasteiger partial charge is 0.314 e. The number of hydrogen-bond acceptors (Lipinski definition) is 3. The number of rotatable bonds is 7. The Morgan fingerprint density at radius 1 is 1.45 bits per heavy atom. The molecule has 1 saturated carbocycles. The molecule has 116 valence electrons. The first kappa shape index (κ1) is 17.0. The van der Waals surface area contributed by atoms with Crippen molar-refractivity contribution in [1.82, 2.24) is 10.6 Å². The topological polar surface area (TPSA) is 70.6 Å². The largest absolute Gasteiger partial charge is 0.392 e. The van der Waals surface area contributed by atoms with Crippen molar-refractivity contribution < 1.29 is 14.6 Å². The summed E-state index contributed by atoms with van der Waals surface area (Å²) in [4.78, 5) is 11.7. The van der Waals surface area contributed by atoms with Gasteiger partial charge in [-0.05, 0) is 19.8 Å². The van der Waals surface area contributed by atoms with Crippen LogP contribution in [0.25, 0.3) is 0 Å². The summed E-state index contributed by atoms with van der Waals surface area (Å²) < 4.78 is 5.29. The molecule has 2 amide bonds. The second-order valence-electron chi connectivity index (χ2n) is 6.03. The second kappa shape index (κ2) is 8.27. The van der Waals surface area contributed by atoms with Gasteiger partial charge in [0.25, 0.3) is 0 Å². The predicted molar refractivity (Wildman–Crippen MR) is 79.6 cm³/mol. The minimum atomic E-state index is -0.324. The van der Waals surface area contributed by atoms with Gasteiger partial charge in [-0.3, -0.25) is 0 Å². The van der Waals surface area contributed by atoms with Crippen molar-refractivity contribution in [2.45, 2.75) is 45.6 Å². The number of urea groups is 1. The van der Waals surface area contributed by atoms with E-state index in [0.717, 1.165) is 31.3 Å². The van der Waals surface area contributed by atoms with Gasteiger partial charge in [-0.25, -0.2) is 4.79 Å². The average molecular weight is 284 g/mol. The molecule has 0 radical (unpaired) electrons. The van der Waals surface area contributed by atoms with Crippen LogP contribution in [0.3, 0.4) is 0 Å². The average Bonchev–Trinajstić information content (AvgIpc) is 2.39. The van der Waals surface area contributed by atoms with E-state index in [4.69, 9.17) is 4.74 Å². The molecule has 5 nitrogen and oxygen atoms in total. The number of ether oxygens (including phenoxy) is 1. The monoisotopic (exact) mass is 284 g/mol. The zero-order valence-electron chi connectivity index (χ0n) is 12.7. The van der Waals surface area contributed by atoms with Gasteiger partial charge in [0, 0.05) is 18.5 Å². The lowest BCUT2D eigenvalue weighted by atomic mass is 9.73. The lowest BCUT2D eigenvalue weighted by molar-refractivity contribution is 0.00306. The summed E-state index contributed by atoms with van der Waals surface area (Å²) in [6, 6.07) is -0.206. The van der Waals surface area contributed by atoms with E-state index in [9.17, 15) is 9.90 Å². The highest BCUT2D eigenvalue weighted by Gasteiger charge is 2.35. The fourth-order valence-electron chi connectivity index (χ4n) is 2.42. The van der Waals surface area contributed by atoms with Gasteiger partial charge >= 0.3 is 6.03 Å². The van der Waals surface area contributed by atoms with Gasteiger partial charge in [-0.15, -0.1) is 0 Å². The molecular weight excluding hydrogens is 256 g/mol. The van der Waals surface area contributed by atoms with Gasteiger partial charge in [0.2, 0.25) is 0 Å². The number of amides is 2. The van der Waals surface area contributed by atoms with Crippen LogP contribution in [0.4, 0.5) is 4.79 Å². The first-order valence-corrected chi connectivity index (χ1v) is 7.36. The summed E-state index contributed by atoms with van der Waals surface area (Å²) in [5, 5.41) is 15.6. The van der Waals surface area contributed by atoms with E-state index in [1.165, 1.54) is 0 Å². The first-order chi connectivity index (χ1) is 9.44. The number of carbonyl (C=O) groups excluding carboxylic acids is 1. The molecular formula is C15H28N2O3. The molecule has 2 unspecified atom stereocenters. The van der Waals surface area contributed by atoms with Gasteiger partial charge in [-0.1, -0.05) is 31.9 Å². The molecule has 20 heavy (non-hydrogen) atoms. The molecule has 0 spiro atoms. The molecule has 2 atom stereocenters. The quantitative estimate of drug-likeness (QED) is 0.493. The minimum Gasteiger partial charge on any atom is -0.392 e. The maximum Gasteiger partial charge on any atom is 0.314 e. The molecule has 0 saturated heterocycles. The Morgan fingerprint density at radius 3 is 2.85 bits per heavy atom. The number of hydrogen-bond donors (Lipinski definition) is 3. The molecule has 0 aromatic carbocycles. The maximum absolute atomic E-state index is 11.7. The first-order valence-electron chi connectivity index (χ1n) is 7.36. The van der Waals surface area contributed by atoms with Crippen LogP contribution in [0, 0.1) is 5.41 Å². The van der Waals surface area contributed by atoms with E-state index in [1.54, 1.807) is 0 Å². The molecule has 1 aliphatic carbocycles. The fraction of sp³-hybridized carbons (Fsp3) is 0.800. The summed E-state index contributed by atoms with van der Waals surface area (Å²) in [6.07, 6.45) is 3.65. The predicted octanol–water partition coefficient (Wildman–Crippen LogP) is 1.82. The Bertz CT molecular complexity index is 333. The number of aliphatic hydroxyl groups is 1. The summed E-state index contributed by atoms with van der Waals surface area (Å²) in [5.74, 6) is 0. The van der Waals surface area contributed by atoms with Gasteiger partial charge in [-0.2, -0.15) is 0 Å². The summed E-state index contributed by atoms with van der Waals surface area (Å²) >= 11 is 0. The van der Waals surface area contributed by atoms with Crippen molar-refractivity contribution in [2.75, 3.05) is 26.3 Å². The van der Waals surface area contributed by atoms with Crippen LogP contribution >= 0.6 is 0 Å². The van der Waals surface area contributed by atoms with E-state index in [1.807, 2.05) is 13.8 Å². The standard InChI is InChI=1S/C15H28N2O3/c1-12(2)10-20-9-8-16-14(19)17-11-15(3)7-5-4-6-13(15)18/h13,18H,1,4-11H2,2-3H3,(H2,16,17,19). The molecule has 0 bridgehead atoms. The molecule has 1 fully saturated rings. The van der Waals surface area contributed by atoms with E-state index in [-0.39, 0.29) is 17.6 Å². The lowest BCUT2D eigenvalue weighted by Crippen LogP contribution is -2.48. The molecule has 1 rings (SSSR count). The van der Waals surface area contributed by atoms with Crippen molar-refractivity contribution >= 4 is 6.03 Å². The van der Waals surface area contributed by atoms with Crippen LogP contribution in [-0.2, 0) is 4.74 Å². The minimum absolute atomic E-state index is 0.202. The van der Waals surface area contributed by atoms with E-state index in [2.05, 4.69) is 17.2 Å². The number of nitrogens with one attached hydrogen (secondary N) is 2. The Kier molecular flexibility index (Phi) is 7.02. The molecule has 0 heterocycles. The Balaban J connectivity index is 2.14. The summed E-state index contributed by atoms with van der Waals surface area (Å²) in [6.45, 7) is 9.64. The van der Waals surface area contributed by atoms with E-state index < -0.39 is 0 Å². The van der Waals surface area contributed by atoms with Crippen LogP contribution in [0.5, 0.6) is 0 Å². The summed E-state index contributed by atoms with van der Waals surface area (Å²) in [7, 11) is 0. The Labute approximate surface area is 121 Å². The van der Waals surface area contributed by atoms with Crippen molar-refractivity contribution in [2.24, 2.45) is 5.41 Å². The zero-order valence-corrected chi connectivity index (χ0v) is 12.7. The third-order valence-corrected chi connectivity index (χ3v) is 3.81. The molecule has 3 N–H and O–H groups in total. The van der Waals surface area contributed by atoms with E-state index >= 15 is 0 Å². The zero-order chi connectivity index (χ0) is 15.0. The van der Waals surface area contributed by atoms with Crippen LogP contribution in [-0.4, -0.2) is 43.5 Å². The number of carbonyl (C=O) groups is 1. The van der Waals surface area contributed by atoms with Crippen LogP contribution in [0.1, 0.15) is 39.5 Å². The third-order valence-electron chi connectivity index (χ3n) is 3.81. The Hall–Kier alpha value is -1.07. The van der Waals surface area contributed by atoms with Crippen LogP contribution < -0.4 is 10.6 Å². The van der Waals surface area contributed by atoms with E-state index in [0.29, 0.717) is 26.3 Å². The highest BCUT2D eigenvalue weighted by atomic mass is 16.5. The molecule has 1 aliphatic rings. The highest BCUT2D eigenvalue weighted by molar-refractivity contribution is 5.73. The lowest BCUT2D eigenvalue weighted by Gasteiger charge is -2.38. The van der Waals surface area contributed by atoms with Crippen molar-refractivity contribution in [3.8, 4) is 0 Å². The number of aliphatic hydroxyl groups excluding tert-OH is 1. The van der Waals surface area contributed by atoms with Gasteiger partial charge < -0.3 is 20.5 Å². The second-order valence-corrected chi connectivity index (χ2v) is 6.03. The highest BCUT2D eigenvalue weighted by Crippen LogP contribution is 2.35. The van der Waals surface area contributed by atoms with Crippen molar-refractivity contribution in [3.05, 3.63) is 12.2 Å². The SMILES string of the molecule is C=C(C)COCCNC(=O)NCC1(C)CCCCC1O. The summed E-state index contributed by atoms with van der Waals surface area (Å²) in [5.41, 5.74) is 0.764. The molecule has 0 aromatic rings. The van der Waals surface area contributed by atoms with Crippen molar-refractivity contribution in [1.29, 1.82) is 0 Å². The molecule has 0 aromatic heterocycles. The fourth-order valence-corrected chi connectivity index (χ4v) is 2.42. The maximum atomic E-state index is 11.7. The third kappa shape index (κ3) is 5.92.